The molecule has 32 heavy (non-hydrogen) atoms. The molecule has 0 spiro atoms. The number of rotatable bonds is 10. The van der Waals surface area contributed by atoms with E-state index in [2.05, 4.69) is 26.1 Å². The highest BCUT2D eigenvalue weighted by molar-refractivity contribution is 9.10. The number of halogens is 1. The topological polar surface area (TPSA) is 109 Å². The van der Waals surface area contributed by atoms with Crippen molar-refractivity contribution in [1.82, 2.24) is 14.8 Å². The van der Waals surface area contributed by atoms with Crippen molar-refractivity contribution in [2.45, 2.75) is 25.0 Å². The van der Waals surface area contributed by atoms with Crippen LogP contribution in [0.1, 0.15) is 28.7 Å². The predicted octanol–water partition coefficient (Wildman–Crippen LogP) is 4.55. The summed E-state index contributed by atoms with van der Waals surface area (Å²) in [5, 5.41) is 20.2. The molecule has 1 heterocycles. The van der Waals surface area contributed by atoms with Crippen molar-refractivity contribution in [3.05, 3.63) is 67.9 Å². The van der Waals surface area contributed by atoms with Crippen LogP contribution in [0, 0.1) is 10.1 Å². The van der Waals surface area contributed by atoms with E-state index >= 15 is 0 Å². The molecule has 0 unspecified atom stereocenters. The number of nitro benzene ring substituents is 1. The van der Waals surface area contributed by atoms with Gasteiger partial charge in [0, 0.05) is 35.1 Å². The van der Waals surface area contributed by atoms with Crippen molar-refractivity contribution >= 4 is 39.2 Å². The van der Waals surface area contributed by atoms with Crippen LogP contribution in [0.5, 0.6) is 11.5 Å². The maximum atomic E-state index is 12.7. The molecule has 11 heteroatoms. The van der Waals surface area contributed by atoms with Gasteiger partial charge in [0.2, 0.25) is 0 Å². The second-order valence-corrected chi connectivity index (χ2v) is 8.44. The molecule has 3 aromatic rings. The van der Waals surface area contributed by atoms with Crippen LogP contribution in [0.4, 0.5) is 5.69 Å². The zero-order valence-electron chi connectivity index (χ0n) is 17.7. The van der Waals surface area contributed by atoms with Crippen LogP contribution in [-0.4, -0.2) is 45.4 Å². The van der Waals surface area contributed by atoms with Gasteiger partial charge in [0.25, 0.3) is 5.69 Å². The second-order valence-electron chi connectivity index (χ2n) is 6.64. The summed E-state index contributed by atoms with van der Waals surface area (Å²) in [5.41, 5.74) is 1.12. The van der Waals surface area contributed by atoms with E-state index in [-0.39, 0.29) is 22.8 Å². The molecular formula is C21H21BrN4O5S. The first-order chi connectivity index (χ1) is 15.4. The molecule has 1 aromatic heterocycles. The Morgan fingerprint density at radius 2 is 1.91 bits per heavy atom. The summed E-state index contributed by atoms with van der Waals surface area (Å²) in [7, 11) is 3.17. The van der Waals surface area contributed by atoms with E-state index in [1.807, 2.05) is 29.7 Å². The van der Waals surface area contributed by atoms with E-state index in [1.165, 1.54) is 30.0 Å². The molecule has 168 valence electrons. The van der Waals surface area contributed by atoms with Crippen molar-refractivity contribution in [3.8, 4) is 11.5 Å². The third-order valence-corrected chi connectivity index (χ3v) is 6.37. The molecular weight excluding hydrogens is 500 g/mol. The van der Waals surface area contributed by atoms with E-state index in [0.29, 0.717) is 34.1 Å². The highest BCUT2D eigenvalue weighted by Gasteiger charge is 2.18. The Bertz CT molecular complexity index is 1150. The minimum Gasteiger partial charge on any atom is -0.493 e. The molecule has 0 saturated carbocycles. The van der Waals surface area contributed by atoms with E-state index in [0.717, 1.165) is 11.4 Å². The van der Waals surface area contributed by atoms with Crippen LogP contribution in [0.15, 0.2) is 46.0 Å². The average Bonchev–Trinajstić information content (AvgIpc) is 3.18. The number of methoxy groups -OCH3 is 2. The molecule has 0 aliphatic heterocycles. The summed E-state index contributed by atoms with van der Waals surface area (Å²) in [5.74, 6) is 1.88. The van der Waals surface area contributed by atoms with Gasteiger partial charge < -0.3 is 14.0 Å². The number of ketones is 1. The Labute approximate surface area is 197 Å². The maximum absolute atomic E-state index is 12.7. The maximum Gasteiger partial charge on any atom is 0.270 e. The molecule has 0 N–H and O–H groups in total. The van der Waals surface area contributed by atoms with Gasteiger partial charge in [0.1, 0.15) is 5.82 Å². The molecule has 3 rings (SSSR count). The van der Waals surface area contributed by atoms with Crippen molar-refractivity contribution < 1.29 is 19.2 Å². The summed E-state index contributed by atoms with van der Waals surface area (Å²) in [6.45, 7) is 2.61. The first-order valence-corrected chi connectivity index (χ1v) is 11.4. The Hall–Kier alpha value is -2.92. The highest BCUT2D eigenvalue weighted by Crippen LogP contribution is 2.29. The Morgan fingerprint density at radius 1 is 1.16 bits per heavy atom. The Balaban J connectivity index is 1.75. The first-order valence-electron chi connectivity index (χ1n) is 9.60. The summed E-state index contributed by atoms with van der Waals surface area (Å²) >= 11 is 4.54. The molecule has 2 aromatic carbocycles. The van der Waals surface area contributed by atoms with Crippen LogP contribution in [0.2, 0.25) is 0 Å². The lowest BCUT2D eigenvalue weighted by molar-refractivity contribution is -0.384. The number of carbonyl (C=O) groups excluding carboxylic acids is 1. The van der Waals surface area contributed by atoms with Gasteiger partial charge in [-0.25, -0.2) is 0 Å². The number of Topliss-reactive ketones (excluding diaryl/α,β-unsaturated/α-hetero) is 1. The van der Waals surface area contributed by atoms with Crippen LogP contribution in [-0.2, 0) is 13.0 Å². The Kier molecular flexibility index (Phi) is 7.86. The van der Waals surface area contributed by atoms with E-state index in [1.54, 1.807) is 14.2 Å². The van der Waals surface area contributed by atoms with Gasteiger partial charge in [-0.15, -0.1) is 10.2 Å². The van der Waals surface area contributed by atoms with Crippen molar-refractivity contribution in [2.24, 2.45) is 0 Å². The molecule has 9 nitrogen and oxygen atoms in total. The lowest BCUT2D eigenvalue weighted by Gasteiger charge is -2.10. The summed E-state index contributed by atoms with van der Waals surface area (Å²) < 4.78 is 13.1. The fraction of sp³-hybridized carbons (Fsp3) is 0.286. The van der Waals surface area contributed by atoms with E-state index in [9.17, 15) is 14.9 Å². The van der Waals surface area contributed by atoms with E-state index in [4.69, 9.17) is 9.47 Å². The zero-order valence-corrected chi connectivity index (χ0v) is 20.1. The van der Waals surface area contributed by atoms with Crippen molar-refractivity contribution in [1.29, 1.82) is 0 Å². The number of hydrogen-bond donors (Lipinski definition) is 0. The van der Waals surface area contributed by atoms with Gasteiger partial charge in [-0.2, -0.15) is 0 Å². The van der Waals surface area contributed by atoms with Gasteiger partial charge >= 0.3 is 0 Å². The van der Waals surface area contributed by atoms with Gasteiger partial charge in [-0.3, -0.25) is 14.9 Å². The van der Waals surface area contributed by atoms with Crippen molar-refractivity contribution in [3.63, 3.8) is 0 Å². The number of aromatic nitrogens is 3. The van der Waals surface area contributed by atoms with Gasteiger partial charge in [-0.05, 0) is 30.7 Å². The third kappa shape index (κ3) is 5.28. The molecule has 0 fully saturated rings. The molecule has 0 saturated heterocycles. The van der Waals surface area contributed by atoms with Gasteiger partial charge in [0.05, 0.1) is 24.9 Å². The van der Waals surface area contributed by atoms with Crippen LogP contribution < -0.4 is 9.47 Å². The number of benzene rings is 2. The summed E-state index contributed by atoms with van der Waals surface area (Å²) in [6.07, 6.45) is 0.534. The molecule has 0 amide bonds. The molecule has 0 aliphatic carbocycles. The predicted molar refractivity (Wildman–Crippen MR) is 124 cm³/mol. The summed E-state index contributed by atoms with van der Waals surface area (Å²) in [4.78, 5) is 23.2. The molecule has 0 aliphatic rings. The van der Waals surface area contributed by atoms with Gasteiger partial charge in [0.15, 0.2) is 22.4 Å². The standard InChI is InChI=1S/C21H21BrN4O5S/c1-4-25-20(10-13-5-8-18(30-2)19(9-13)31-3)23-24-21(25)32-12-17(27)15-11-14(26(28)29)6-7-16(15)22/h5-9,11H,4,10,12H2,1-3H3. The molecule has 0 radical (unpaired) electrons. The fourth-order valence-corrected chi connectivity index (χ4v) is 4.47. The SMILES string of the molecule is CCn1c(Cc2ccc(OC)c(OC)c2)nnc1SCC(=O)c1cc([N+](=O)[O-])ccc1Br. The largest absolute Gasteiger partial charge is 0.493 e. The Morgan fingerprint density at radius 3 is 2.56 bits per heavy atom. The number of nitro groups is 1. The number of non-ortho nitro benzene ring substituents is 1. The smallest absolute Gasteiger partial charge is 0.270 e. The zero-order chi connectivity index (χ0) is 23.3. The fourth-order valence-electron chi connectivity index (χ4n) is 3.10. The third-order valence-electron chi connectivity index (χ3n) is 4.71. The second kappa shape index (κ2) is 10.6. The number of nitrogens with zero attached hydrogens (tertiary/aromatic N) is 4. The minimum absolute atomic E-state index is 0.0776. The highest BCUT2D eigenvalue weighted by atomic mass is 79.9. The number of ether oxygens (including phenoxy) is 2. The van der Waals surface area contributed by atoms with E-state index < -0.39 is 4.92 Å². The van der Waals surface area contributed by atoms with Crippen molar-refractivity contribution in [2.75, 3.05) is 20.0 Å². The first kappa shape index (κ1) is 23.7. The van der Waals surface area contributed by atoms with Crippen LogP contribution in [0.25, 0.3) is 0 Å². The van der Waals surface area contributed by atoms with Crippen LogP contribution in [0.3, 0.4) is 0 Å². The lowest BCUT2D eigenvalue weighted by atomic mass is 10.1. The quantitative estimate of drug-likeness (QED) is 0.165. The number of thioether (sulfide) groups is 1. The number of hydrogen-bond acceptors (Lipinski definition) is 8. The monoisotopic (exact) mass is 520 g/mol. The normalized spacial score (nSPS) is 10.8. The number of carbonyl (C=O) groups is 1. The minimum atomic E-state index is -0.523. The van der Waals surface area contributed by atoms with Gasteiger partial charge in [-0.1, -0.05) is 33.8 Å². The average molecular weight is 521 g/mol. The molecule has 0 atom stereocenters. The van der Waals surface area contributed by atoms with Crippen LogP contribution >= 0.6 is 27.7 Å². The molecule has 0 bridgehead atoms. The summed E-state index contributed by atoms with van der Waals surface area (Å²) in [6, 6.07) is 9.80. The lowest BCUT2D eigenvalue weighted by Crippen LogP contribution is -2.08.